The number of anilines is 1. The van der Waals surface area contributed by atoms with E-state index in [2.05, 4.69) is 10.4 Å². The highest BCUT2D eigenvalue weighted by Crippen LogP contribution is 2.18. The Labute approximate surface area is 74.3 Å². The third kappa shape index (κ3) is 2.04. The van der Waals surface area contributed by atoms with Gasteiger partial charge in [-0.1, -0.05) is 0 Å². The van der Waals surface area contributed by atoms with Crippen molar-refractivity contribution < 1.29 is 4.92 Å². The van der Waals surface area contributed by atoms with Gasteiger partial charge in [-0.3, -0.25) is 10.1 Å². The first-order valence-electron chi connectivity index (χ1n) is 2.81. The van der Waals surface area contributed by atoms with Crippen LogP contribution in [-0.4, -0.2) is 9.91 Å². The van der Waals surface area contributed by atoms with Crippen LogP contribution in [0.3, 0.4) is 0 Å². The van der Waals surface area contributed by atoms with Crippen molar-refractivity contribution in [1.29, 1.82) is 0 Å². The predicted octanol–water partition coefficient (Wildman–Crippen LogP) is 0.697. The summed E-state index contributed by atoms with van der Waals surface area (Å²) in [5.74, 6) is 5.04. The van der Waals surface area contributed by atoms with E-state index in [4.69, 9.17) is 5.84 Å². The molecule has 0 aliphatic rings. The molecule has 0 unspecified atom stereocenters. The minimum absolute atomic E-state index is 0. The minimum Gasteiger partial charge on any atom is -0.303 e. The predicted molar refractivity (Wildman–Crippen MR) is 45.9 cm³/mol. The van der Waals surface area contributed by atoms with Gasteiger partial charge in [0.1, 0.15) is 0 Å². The number of nitrogen functional groups attached to an aromatic ring is 1. The summed E-state index contributed by atoms with van der Waals surface area (Å²) in [5, 5.41) is 10.3. The van der Waals surface area contributed by atoms with Gasteiger partial charge in [0, 0.05) is 12.3 Å². The quantitative estimate of drug-likeness (QED) is 0.407. The maximum atomic E-state index is 10.3. The van der Waals surface area contributed by atoms with Crippen LogP contribution in [0, 0.1) is 10.1 Å². The Bertz CT molecular complexity index is 280. The number of nitro groups is 1. The molecule has 0 fully saturated rings. The van der Waals surface area contributed by atoms with Crippen LogP contribution in [0.1, 0.15) is 0 Å². The third-order valence-corrected chi connectivity index (χ3v) is 1.12. The van der Waals surface area contributed by atoms with Crippen molar-refractivity contribution in [3.63, 3.8) is 0 Å². The zero-order valence-corrected chi connectivity index (χ0v) is 6.75. The number of nitrogens with one attached hydrogen (secondary N) is 1. The van der Waals surface area contributed by atoms with Crippen LogP contribution in [0.2, 0.25) is 0 Å². The lowest BCUT2D eigenvalue weighted by Crippen LogP contribution is -2.10. The Morgan fingerprint density at radius 3 is 2.75 bits per heavy atom. The van der Waals surface area contributed by atoms with Gasteiger partial charge in [0.25, 0.3) is 0 Å². The van der Waals surface area contributed by atoms with Crippen molar-refractivity contribution >= 4 is 23.9 Å². The number of hydrogen-bond donors (Lipinski definition) is 2. The Morgan fingerprint density at radius 2 is 2.33 bits per heavy atom. The molecular weight excluding hydrogens is 184 g/mol. The lowest BCUT2D eigenvalue weighted by atomic mass is 10.4. The molecule has 12 heavy (non-hydrogen) atoms. The van der Waals surface area contributed by atoms with Gasteiger partial charge in [0.05, 0.1) is 4.92 Å². The van der Waals surface area contributed by atoms with Gasteiger partial charge in [0.15, 0.2) is 0 Å². The first-order chi connectivity index (χ1) is 5.25. The number of pyridine rings is 1. The summed E-state index contributed by atoms with van der Waals surface area (Å²) in [4.78, 5) is 13.3. The highest BCUT2D eigenvalue weighted by atomic mass is 35.5. The summed E-state index contributed by atoms with van der Waals surface area (Å²) in [7, 11) is 0. The van der Waals surface area contributed by atoms with Crippen LogP contribution < -0.4 is 11.3 Å². The molecule has 0 amide bonds. The Morgan fingerprint density at radius 1 is 1.67 bits per heavy atom. The van der Waals surface area contributed by atoms with Crippen LogP contribution >= 0.6 is 12.4 Å². The van der Waals surface area contributed by atoms with Crippen LogP contribution in [0.4, 0.5) is 11.5 Å². The van der Waals surface area contributed by atoms with E-state index in [9.17, 15) is 10.1 Å². The van der Waals surface area contributed by atoms with Crippen molar-refractivity contribution in [2.45, 2.75) is 0 Å². The van der Waals surface area contributed by atoms with Crippen LogP contribution in [0.25, 0.3) is 0 Å². The Hall–Kier alpha value is -1.40. The van der Waals surface area contributed by atoms with Crippen LogP contribution in [0.5, 0.6) is 0 Å². The first-order valence-corrected chi connectivity index (χ1v) is 2.81. The molecule has 0 saturated carbocycles. The molecule has 1 heterocycles. The lowest BCUT2D eigenvalue weighted by Gasteiger charge is -1.97. The largest absolute Gasteiger partial charge is 0.312 e. The summed E-state index contributed by atoms with van der Waals surface area (Å²) in [5.41, 5.74) is 1.99. The zero-order chi connectivity index (χ0) is 8.27. The van der Waals surface area contributed by atoms with Gasteiger partial charge in [0.2, 0.25) is 5.82 Å². The van der Waals surface area contributed by atoms with E-state index in [0.717, 1.165) is 0 Å². The number of hydrogen-bond acceptors (Lipinski definition) is 5. The van der Waals surface area contributed by atoms with Gasteiger partial charge >= 0.3 is 5.69 Å². The van der Waals surface area contributed by atoms with Gasteiger partial charge in [-0.05, 0) is 6.07 Å². The molecule has 1 rings (SSSR count). The number of halogens is 1. The minimum atomic E-state index is -0.553. The standard InChI is InChI=1S/C5H6N4O2.ClH/c6-8-5-4(9(10)11)2-1-3-7-5;/h1-3H,6H2,(H,7,8);1H. The molecule has 3 N–H and O–H groups in total. The molecule has 1 aromatic heterocycles. The third-order valence-electron chi connectivity index (χ3n) is 1.12. The van der Waals surface area contributed by atoms with Gasteiger partial charge in [-0.2, -0.15) is 0 Å². The van der Waals surface area contributed by atoms with Gasteiger partial charge < -0.3 is 5.43 Å². The summed E-state index contributed by atoms with van der Waals surface area (Å²) in [6, 6.07) is 2.79. The second-order valence-electron chi connectivity index (χ2n) is 1.77. The second-order valence-corrected chi connectivity index (χ2v) is 1.77. The van der Waals surface area contributed by atoms with Crippen molar-refractivity contribution in [3.05, 3.63) is 28.4 Å². The summed E-state index contributed by atoms with van der Waals surface area (Å²) in [6.07, 6.45) is 1.42. The highest BCUT2D eigenvalue weighted by Gasteiger charge is 2.11. The molecule has 0 aliphatic heterocycles. The van der Waals surface area contributed by atoms with E-state index in [-0.39, 0.29) is 23.9 Å². The highest BCUT2D eigenvalue weighted by molar-refractivity contribution is 5.85. The molecule has 0 spiro atoms. The molecule has 0 radical (unpaired) electrons. The van der Waals surface area contributed by atoms with Gasteiger partial charge in [-0.25, -0.2) is 10.8 Å². The van der Waals surface area contributed by atoms with E-state index in [1.54, 1.807) is 0 Å². The van der Waals surface area contributed by atoms with E-state index >= 15 is 0 Å². The van der Waals surface area contributed by atoms with Crippen molar-refractivity contribution in [1.82, 2.24) is 4.98 Å². The van der Waals surface area contributed by atoms with Crippen molar-refractivity contribution in [2.24, 2.45) is 5.84 Å². The fourth-order valence-corrected chi connectivity index (χ4v) is 0.655. The van der Waals surface area contributed by atoms with Crippen LogP contribution in [-0.2, 0) is 0 Å². The average molecular weight is 191 g/mol. The number of hydrazine groups is 1. The summed E-state index contributed by atoms with van der Waals surface area (Å²) in [6.45, 7) is 0. The first kappa shape index (κ1) is 10.6. The molecule has 0 saturated heterocycles. The molecule has 1 aromatic rings. The zero-order valence-electron chi connectivity index (χ0n) is 5.93. The van der Waals surface area contributed by atoms with E-state index in [0.29, 0.717) is 0 Å². The van der Waals surface area contributed by atoms with Crippen LogP contribution in [0.15, 0.2) is 18.3 Å². The average Bonchev–Trinajstić information content (AvgIpc) is 2.04. The monoisotopic (exact) mass is 190 g/mol. The second kappa shape index (κ2) is 4.47. The van der Waals surface area contributed by atoms with Crippen molar-refractivity contribution in [3.8, 4) is 0 Å². The topological polar surface area (TPSA) is 94.1 Å². The molecule has 7 heteroatoms. The molecular formula is C5H7ClN4O2. The van der Waals surface area contributed by atoms with E-state index in [1.807, 2.05) is 0 Å². The summed E-state index contributed by atoms with van der Waals surface area (Å²) < 4.78 is 0. The fourth-order valence-electron chi connectivity index (χ4n) is 0.655. The van der Waals surface area contributed by atoms with E-state index in [1.165, 1.54) is 18.3 Å². The molecule has 66 valence electrons. The number of nitrogens with two attached hydrogens (primary N) is 1. The smallest absolute Gasteiger partial charge is 0.303 e. The number of aromatic nitrogens is 1. The molecule has 0 bridgehead atoms. The molecule has 6 nitrogen and oxygen atoms in total. The van der Waals surface area contributed by atoms with Crippen molar-refractivity contribution in [2.75, 3.05) is 5.43 Å². The maximum Gasteiger partial charge on any atom is 0.312 e. The SMILES string of the molecule is Cl.NNc1ncccc1[N+](=O)[O-]. The Kier molecular flexibility index (Phi) is 3.95. The summed E-state index contributed by atoms with van der Waals surface area (Å²) >= 11 is 0. The Balaban J connectivity index is 0.00000121. The number of rotatable bonds is 2. The molecule has 0 atom stereocenters. The normalized spacial score (nSPS) is 8.42. The number of nitrogens with zero attached hydrogens (tertiary/aromatic N) is 2. The fraction of sp³-hybridized carbons (Fsp3) is 0. The molecule has 0 aliphatic carbocycles. The van der Waals surface area contributed by atoms with E-state index < -0.39 is 4.92 Å². The lowest BCUT2D eigenvalue weighted by molar-refractivity contribution is -0.384. The maximum absolute atomic E-state index is 10.3. The molecule has 0 aromatic carbocycles. The van der Waals surface area contributed by atoms with Gasteiger partial charge in [-0.15, -0.1) is 12.4 Å².